The van der Waals surface area contributed by atoms with Crippen molar-refractivity contribution in [3.8, 4) is 0 Å². The van der Waals surface area contributed by atoms with Gasteiger partial charge in [-0.25, -0.2) is 0 Å². The molecule has 4 rings (SSSR count). The molecule has 1 saturated heterocycles. The van der Waals surface area contributed by atoms with Crippen LogP contribution >= 0.6 is 0 Å². The molecule has 2 aromatic rings. The number of carbonyl (C=O) groups is 1. The van der Waals surface area contributed by atoms with Crippen molar-refractivity contribution in [3.63, 3.8) is 0 Å². The van der Waals surface area contributed by atoms with E-state index >= 15 is 0 Å². The van der Waals surface area contributed by atoms with E-state index < -0.39 is 0 Å². The lowest BCUT2D eigenvalue weighted by molar-refractivity contribution is -0.130. The molecule has 118 valence electrons. The third kappa shape index (κ3) is 2.61. The SMILES string of the molecule is Cc1ccc(C2CC(N3CCCC3=O)c3ccccc3N2)cc1. The molecule has 2 atom stereocenters. The molecule has 0 bridgehead atoms. The van der Waals surface area contributed by atoms with Crippen molar-refractivity contribution in [1.29, 1.82) is 0 Å². The van der Waals surface area contributed by atoms with Gasteiger partial charge in [0, 0.05) is 18.7 Å². The van der Waals surface area contributed by atoms with Crippen LogP contribution in [0.5, 0.6) is 0 Å². The largest absolute Gasteiger partial charge is 0.378 e. The van der Waals surface area contributed by atoms with Crippen molar-refractivity contribution in [2.75, 3.05) is 11.9 Å². The molecule has 0 aliphatic carbocycles. The molecule has 2 unspecified atom stereocenters. The summed E-state index contributed by atoms with van der Waals surface area (Å²) < 4.78 is 0. The Bertz CT molecular complexity index is 723. The highest BCUT2D eigenvalue weighted by molar-refractivity contribution is 5.79. The fourth-order valence-corrected chi connectivity index (χ4v) is 3.83. The van der Waals surface area contributed by atoms with Crippen LogP contribution in [0, 0.1) is 6.92 Å². The Hall–Kier alpha value is -2.29. The number of fused-ring (bicyclic) bond motifs is 1. The molecular formula is C20H22N2O. The molecule has 1 N–H and O–H groups in total. The molecule has 3 nitrogen and oxygen atoms in total. The van der Waals surface area contributed by atoms with Gasteiger partial charge in [0.15, 0.2) is 0 Å². The van der Waals surface area contributed by atoms with Crippen LogP contribution in [0.3, 0.4) is 0 Å². The van der Waals surface area contributed by atoms with Crippen molar-refractivity contribution in [1.82, 2.24) is 4.90 Å². The topological polar surface area (TPSA) is 32.3 Å². The van der Waals surface area contributed by atoms with Crippen LogP contribution in [0.1, 0.15) is 48.0 Å². The maximum atomic E-state index is 12.3. The summed E-state index contributed by atoms with van der Waals surface area (Å²) in [5.41, 5.74) is 4.98. The molecule has 0 radical (unpaired) electrons. The number of likely N-dealkylation sites (tertiary alicyclic amines) is 1. The zero-order chi connectivity index (χ0) is 15.8. The van der Waals surface area contributed by atoms with E-state index in [1.165, 1.54) is 16.7 Å². The molecule has 3 heteroatoms. The number of nitrogens with zero attached hydrogens (tertiary/aromatic N) is 1. The maximum absolute atomic E-state index is 12.3. The number of para-hydroxylation sites is 1. The number of benzene rings is 2. The quantitative estimate of drug-likeness (QED) is 0.901. The van der Waals surface area contributed by atoms with E-state index in [2.05, 4.69) is 65.7 Å². The third-order valence-corrected chi connectivity index (χ3v) is 5.07. The Balaban J connectivity index is 1.70. The number of nitrogens with one attached hydrogen (secondary N) is 1. The van der Waals surface area contributed by atoms with Gasteiger partial charge in [-0.05, 0) is 37.0 Å². The minimum atomic E-state index is 0.189. The van der Waals surface area contributed by atoms with Gasteiger partial charge in [-0.3, -0.25) is 4.79 Å². The predicted molar refractivity (Wildman–Crippen MR) is 92.3 cm³/mol. The first-order chi connectivity index (χ1) is 11.2. The normalized spacial score (nSPS) is 23.5. The standard InChI is InChI=1S/C20H22N2O/c1-14-8-10-15(11-9-14)18-13-19(22-12-4-7-20(22)23)16-5-2-3-6-17(16)21-18/h2-3,5-6,8-11,18-19,21H,4,7,12-13H2,1H3. The number of hydrogen-bond acceptors (Lipinski definition) is 2. The first kappa shape index (κ1) is 14.3. The summed E-state index contributed by atoms with van der Waals surface area (Å²) >= 11 is 0. The van der Waals surface area contributed by atoms with Crippen LogP contribution in [0.2, 0.25) is 0 Å². The third-order valence-electron chi connectivity index (χ3n) is 5.07. The van der Waals surface area contributed by atoms with E-state index in [1.807, 2.05) is 0 Å². The lowest BCUT2D eigenvalue weighted by Crippen LogP contribution is -2.35. The molecule has 23 heavy (non-hydrogen) atoms. The van der Waals surface area contributed by atoms with Gasteiger partial charge in [0.05, 0.1) is 12.1 Å². The van der Waals surface area contributed by atoms with E-state index in [9.17, 15) is 4.79 Å². The van der Waals surface area contributed by atoms with Crippen molar-refractivity contribution in [2.24, 2.45) is 0 Å². The van der Waals surface area contributed by atoms with Gasteiger partial charge in [-0.2, -0.15) is 0 Å². The highest BCUT2D eigenvalue weighted by atomic mass is 16.2. The summed E-state index contributed by atoms with van der Waals surface area (Å²) in [5, 5.41) is 3.66. The molecule has 0 saturated carbocycles. The van der Waals surface area contributed by atoms with Crippen LogP contribution in [-0.2, 0) is 4.79 Å². The van der Waals surface area contributed by atoms with Gasteiger partial charge in [-0.1, -0.05) is 48.0 Å². The lowest BCUT2D eigenvalue weighted by atomic mass is 9.88. The van der Waals surface area contributed by atoms with Crippen LogP contribution < -0.4 is 5.32 Å². The van der Waals surface area contributed by atoms with Crippen molar-refractivity contribution < 1.29 is 4.79 Å². The Morgan fingerprint density at radius 2 is 1.87 bits per heavy atom. The monoisotopic (exact) mass is 306 g/mol. The summed E-state index contributed by atoms with van der Waals surface area (Å²) in [6.07, 6.45) is 2.62. The molecule has 1 fully saturated rings. The van der Waals surface area contributed by atoms with Crippen LogP contribution in [0.15, 0.2) is 48.5 Å². The number of aryl methyl sites for hydroxylation is 1. The van der Waals surface area contributed by atoms with Crippen molar-refractivity contribution in [2.45, 2.75) is 38.3 Å². The number of anilines is 1. The summed E-state index contributed by atoms with van der Waals surface area (Å²) in [6.45, 7) is 3.00. The lowest BCUT2D eigenvalue weighted by Gasteiger charge is -2.38. The smallest absolute Gasteiger partial charge is 0.223 e. The zero-order valence-corrected chi connectivity index (χ0v) is 13.5. The second-order valence-electron chi connectivity index (χ2n) is 6.64. The van der Waals surface area contributed by atoms with Crippen LogP contribution in [-0.4, -0.2) is 17.4 Å². The highest BCUT2D eigenvalue weighted by Gasteiger charge is 2.35. The minimum Gasteiger partial charge on any atom is -0.378 e. The van der Waals surface area contributed by atoms with E-state index in [1.54, 1.807) is 0 Å². The fourth-order valence-electron chi connectivity index (χ4n) is 3.83. The summed E-state index contributed by atoms with van der Waals surface area (Å²) in [5.74, 6) is 0.300. The van der Waals surface area contributed by atoms with E-state index in [0.717, 1.165) is 25.1 Å². The van der Waals surface area contributed by atoms with Crippen LogP contribution in [0.4, 0.5) is 5.69 Å². The van der Waals surface area contributed by atoms with Gasteiger partial charge >= 0.3 is 0 Å². The second kappa shape index (κ2) is 5.73. The van der Waals surface area contributed by atoms with Crippen LogP contribution in [0.25, 0.3) is 0 Å². The van der Waals surface area contributed by atoms with Gasteiger partial charge < -0.3 is 10.2 Å². The summed E-state index contributed by atoms with van der Waals surface area (Å²) in [7, 11) is 0. The van der Waals surface area contributed by atoms with Crippen molar-refractivity contribution >= 4 is 11.6 Å². The summed E-state index contributed by atoms with van der Waals surface area (Å²) in [4.78, 5) is 14.4. The molecular weight excluding hydrogens is 284 g/mol. The molecule has 2 aromatic carbocycles. The Morgan fingerprint density at radius 3 is 2.61 bits per heavy atom. The number of carbonyl (C=O) groups excluding carboxylic acids is 1. The molecule has 0 spiro atoms. The number of rotatable bonds is 2. The maximum Gasteiger partial charge on any atom is 0.223 e. The second-order valence-corrected chi connectivity index (χ2v) is 6.64. The average molecular weight is 306 g/mol. The first-order valence-corrected chi connectivity index (χ1v) is 8.44. The van der Waals surface area contributed by atoms with Crippen molar-refractivity contribution in [3.05, 3.63) is 65.2 Å². The Labute approximate surface area is 137 Å². The number of hydrogen-bond donors (Lipinski definition) is 1. The minimum absolute atomic E-state index is 0.189. The number of amides is 1. The first-order valence-electron chi connectivity index (χ1n) is 8.44. The fraction of sp³-hybridized carbons (Fsp3) is 0.350. The van der Waals surface area contributed by atoms with Gasteiger partial charge in [0.25, 0.3) is 0 Å². The highest BCUT2D eigenvalue weighted by Crippen LogP contribution is 2.43. The predicted octanol–water partition coefficient (Wildman–Crippen LogP) is 4.22. The Kier molecular flexibility index (Phi) is 3.56. The van der Waals surface area contributed by atoms with Gasteiger partial charge in [0.1, 0.15) is 0 Å². The average Bonchev–Trinajstić information content (AvgIpc) is 3.00. The molecule has 2 aliphatic rings. The molecule has 1 amide bonds. The van der Waals surface area contributed by atoms with Gasteiger partial charge in [-0.15, -0.1) is 0 Å². The molecule has 0 aromatic heterocycles. The van der Waals surface area contributed by atoms with E-state index in [4.69, 9.17) is 0 Å². The molecule has 2 heterocycles. The van der Waals surface area contributed by atoms with E-state index in [-0.39, 0.29) is 12.1 Å². The molecule has 2 aliphatic heterocycles. The zero-order valence-electron chi connectivity index (χ0n) is 13.5. The van der Waals surface area contributed by atoms with Gasteiger partial charge in [0.2, 0.25) is 5.91 Å². The summed E-state index contributed by atoms with van der Waals surface area (Å²) in [6, 6.07) is 17.6. The Morgan fingerprint density at radius 1 is 1.09 bits per heavy atom. The van der Waals surface area contributed by atoms with E-state index in [0.29, 0.717) is 12.3 Å².